The predicted molar refractivity (Wildman–Crippen MR) is 194 cm³/mol. The molecule has 2 heterocycles. The molecule has 12 heteroatoms. The highest BCUT2D eigenvalue weighted by atomic mass is 32.2. The molecule has 1 fully saturated rings. The topological polar surface area (TPSA) is 145 Å². The molecule has 1 saturated heterocycles. The number of hydrogen-bond donors (Lipinski definition) is 0. The maximum atomic E-state index is 13.8. The molecule has 4 aromatic carbocycles. The number of ketones is 1. The monoisotopic (exact) mass is 713 g/mol. The van der Waals surface area contributed by atoms with Crippen LogP contribution in [0.3, 0.4) is 0 Å². The number of Topliss-reactive ketones (excluding diaryl/α,β-unsaturated/α-hetero) is 1. The number of thioether (sulfide) groups is 1. The van der Waals surface area contributed by atoms with E-state index in [1.807, 2.05) is 36.4 Å². The quantitative estimate of drug-likeness (QED) is 0.0767. The fourth-order valence-corrected chi connectivity index (χ4v) is 6.83. The Bertz CT molecular complexity index is 2200. The third-order valence-corrected chi connectivity index (χ3v) is 9.50. The maximum absolute atomic E-state index is 13.8. The Hall–Kier alpha value is -6.45. The minimum Gasteiger partial charge on any atom is -0.497 e. The van der Waals surface area contributed by atoms with Crippen molar-refractivity contribution in [2.75, 3.05) is 32.8 Å². The van der Waals surface area contributed by atoms with Crippen molar-refractivity contribution in [3.8, 4) is 45.7 Å². The number of carbonyl (C=O) groups excluding carboxylic acids is 4. The van der Waals surface area contributed by atoms with Gasteiger partial charge < -0.3 is 18.9 Å². The van der Waals surface area contributed by atoms with E-state index in [4.69, 9.17) is 23.9 Å². The summed E-state index contributed by atoms with van der Waals surface area (Å²) in [5.74, 6) is -0.571. The van der Waals surface area contributed by atoms with E-state index in [0.29, 0.717) is 39.6 Å². The third kappa shape index (κ3) is 7.21. The van der Waals surface area contributed by atoms with Crippen molar-refractivity contribution < 1.29 is 38.1 Å². The molecule has 5 aromatic rings. The highest BCUT2D eigenvalue weighted by molar-refractivity contribution is 8.00. The van der Waals surface area contributed by atoms with Crippen molar-refractivity contribution in [3.63, 3.8) is 0 Å². The first-order valence-electron chi connectivity index (χ1n) is 16.0. The Labute approximate surface area is 303 Å². The number of amides is 2. The molecule has 0 radical (unpaired) electrons. The summed E-state index contributed by atoms with van der Waals surface area (Å²) in [5, 5.41) is 9.85. The van der Waals surface area contributed by atoms with Gasteiger partial charge in [0.25, 0.3) is 0 Å². The Morgan fingerprint density at radius 3 is 2.21 bits per heavy atom. The molecular formula is C40H31N3O8S. The number of anilines is 1. The highest BCUT2D eigenvalue weighted by Gasteiger charge is 2.41. The zero-order chi connectivity index (χ0) is 36.8. The molecule has 0 bridgehead atoms. The molecule has 2 amide bonds. The summed E-state index contributed by atoms with van der Waals surface area (Å²) in [5.41, 5.74) is 3.44. The van der Waals surface area contributed by atoms with Crippen LogP contribution in [0.1, 0.15) is 32.7 Å². The Kier molecular flexibility index (Phi) is 10.6. The van der Waals surface area contributed by atoms with Gasteiger partial charge in [-0.1, -0.05) is 54.2 Å². The number of benzene rings is 4. The van der Waals surface area contributed by atoms with E-state index in [2.05, 4.69) is 6.07 Å². The van der Waals surface area contributed by atoms with E-state index < -0.39 is 29.6 Å². The van der Waals surface area contributed by atoms with Gasteiger partial charge >= 0.3 is 5.97 Å². The second-order valence-corrected chi connectivity index (χ2v) is 12.6. The van der Waals surface area contributed by atoms with E-state index >= 15 is 0 Å². The van der Waals surface area contributed by atoms with Gasteiger partial charge in [-0.05, 0) is 60.7 Å². The summed E-state index contributed by atoms with van der Waals surface area (Å²) in [6, 6.07) is 31.0. The summed E-state index contributed by atoms with van der Waals surface area (Å²) in [4.78, 5) is 58.1. The molecule has 0 spiro atoms. The summed E-state index contributed by atoms with van der Waals surface area (Å²) < 4.78 is 21.5. The average Bonchev–Trinajstić information content (AvgIpc) is 3.47. The van der Waals surface area contributed by atoms with Crippen molar-refractivity contribution >= 4 is 41.0 Å². The van der Waals surface area contributed by atoms with Crippen molar-refractivity contribution in [3.05, 3.63) is 120 Å². The number of rotatable bonds is 12. The molecule has 1 unspecified atom stereocenters. The van der Waals surface area contributed by atoms with Crippen LogP contribution in [0.2, 0.25) is 0 Å². The Morgan fingerprint density at radius 2 is 1.56 bits per heavy atom. The summed E-state index contributed by atoms with van der Waals surface area (Å²) in [7, 11) is 4.56. The van der Waals surface area contributed by atoms with E-state index in [-0.39, 0.29) is 34.0 Å². The molecule has 0 saturated carbocycles. The molecule has 52 heavy (non-hydrogen) atoms. The number of nitriles is 1. The van der Waals surface area contributed by atoms with Crippen LogP contribution in [0.5, 0.6) is 17.2 Å². The van der Waals surface area contributed by atoms with Crippen LogP contribution in [-0.2, 0) is 14.3 Å². The standard InChI is InChI=1S/C40H31N3O8S/c1-48-28-18-14-25(15-19-28)33(44)23-51-40(47)26-12-16-27(17-13-26)43-36(45)21-35(39(43)46)52-38-31(22-41)30(20-32(42-38)24-8-5-4-6-9-24)29-10-7-11-34(49-2)37(29)50-3/h4-20,35H,21,23H2,1-3H3. The minimum atomic E-state index is -0.883. The molecule has 1 atom stereocenters. The molecule has 0 aliphatic carbocycles. The zero-order valence-electron chi connectivity index (χ0n) is 28.3. The largest absolute Gasteiger partial charge is 0.497 e. The third-order valence-electron chi connectivity index (χ3n) is 8.33. The van der Waals surface area contributed by atoms with Gasteiger partial charge in [-0.25, -0.2) is 14.7 Å². The average molecular weight is 714 g/mol. The number of para-hydroxylation sites is 1. The predicted octanol–water partition coefficient (Wildman–Crippen LogP) is 6.78. The summed E-state index contributed by atoms with van der Waals surface area (Å²) in [6.45, 7) is -0.467. The van der Waals surface area contributed by atoms with Gasteiger partial charge in [0.1, 0.15) is 16.8 Å². The molecule has 1 aliphatic heterocycles. The molecule has 260 valence electrons. The first-order valence-corrected chi connectivity index (χ1v) is 16.8. The van der Waals surface area contributed by atoms with Gasteiger partial charge in [-0.15, -0.1) is 0 Å². The number of aromatic nitrogens is 1. The van der Waals surface area contributed by atoms with Crippen molar-refractivity contribution in [2.24, 2.45) is 0 Å². The molecule has 0 N–H and O–H groups in total. The SMILES string of the molecule is COc1ccc(C(=O)COC(=O)c2ccc(N3C(=O)CC(Sc4nc(-c5ccccc5)cc(-c5cccc(OC)c5OC)c4C#N)C3=O)cc2)cc1. The van der Waals surface area contributed by atoms with E-state index in [0.717, 1.165) is 22.2 Å². The summed E-state index contributed by atoms with van der Waals surface area (Å²) in [6.07, 6.45) is -0.138. The molecule has 1 aliphatic rings. The van der Waals surface area contributed by atoms with Gasteiger partial charge in [0.2, 0.25) is 11.8 Å². The molecule has 1 aromatic heterocycles. The first-order chi connectivity index (χ1) is 25.3. The van der Waals surface area contributed by atoms with Crippen LogP contribution in [-0.4, -0.2) is 61.7 Å². The van der Waals surface area contributed by atoms with Gasteiger partial charge in [0, 0.05) is 28.7 Å². The first kappa shape index (κ1) is 35.4. The highest BCUT2D eigenvalue weighted by Crippen LogP contribution is 2.44. The van der Waals surface area contributed by atoms with Crippen molar-refractivity contribution in [1.82, 2.24) is 4.98 Å². The maximum Gasteiger partial charge on any atom is 0.338 e. The molecule has 6 rings (SSSR count). The smallest absolute Gasteiger partial charge is 0.338 e. The second kappa shape index (κ2) is 15.6. The minimum absolute atomic E-state index is 0.136. The van der Waals surface area contributed by atoms with Crippen molar-refractivity contribution in [2.45, 2.75) is 16.7 Å². The number of imide groups is 1. The number of carbonyl (C=O) groups is 4. The van der Waals surface area contributed by atoms with Crippen LogP contribution in [0.4, 0.5) is 5.69 Å². The van der Waals surface area contributed by atoms with Gasteiger partial charge in [0.05, 0.1) is 49.1 Å². The van der Waals surface area contributed by atoms with Crippen molar-refractivity contribution in [1.29, 1.82) is 5.26 Å². The number of methoxy groups -OCH3 is 3. The Balaban J connectivity index is 1.23. The van der Waals surface area contributed by atoms with E-state index in [9.17, 15) is 24.4 Å². The second-order valence-electron chi connectivity index (χ2n) is 11.4. The van der Waals surface area contributed by atoms with Gasteiger partial charge in [-0.3, -0.25) is 14.4 Å². The zero-order valence-corrected chi connectivity index (χ0v) is 29.1. The lowest BCUT2D eigenvalue weighted by atomic mass is 9.98. The summed E-state index contributed by atoms with van der Waals surface area (Å²) >= 11 is 1.04. The lowest BCUT2D eigenvalue weighted by molar-refractivity contribution is -0.121. The van der Waals surface area contributed by atoms with Gasteiger partial charge in [-0.2, -0.15) is 5.26 Å². The van der Waals surface area contributed by atoms with Crippen LogP contribution >= 0.6 is 11.8 Å². The normalized spacial score (nSPS) is 13.7. The van der Waals surface area contributed by atoms with Crippen LogP contribution in [0.25, 0.3) is 22.4 Å². The van der Waals surface area contributed by atoms with Crippen LogP contribution in [0.15, 0.2) is 108 Å². The van der Waals surface area contributed by atoms with Gasteiger partial charge in [0.15, 0.2) is 23.9 Å². The lowest BCUT2D eigenvalue weighted by Crippen LogP contribution is -2.31. The van der Waals surface area contributed by atoms with E-state index in [1.165, 1.54) is 45.6 Å². The molecule has 11 nitrogen and oxygen atoms in total. The van der Waals surface area contributed by atoms with Crippen LogP contribution < -0.4 is 19.1 Å². The molecular weight excluding hydrogens is 683 g/mol. The lowest BCUT2D eigenvalue weighted by Gasteiger charge is -2.18. The van der Waals surface area contributed by atoms with E-state index in [1.54, 1.807) is 42.5 Å². The number of nitrogens with zero attached hydrogens (tertiary/aromatic N) is 3. The fraction of sp³-hybridized carbons (Fsp3) is 0.150. The number of esters is 1. The van der Waals surface area contributed by atoms with Crippen LogP contribution in [0, 0.1) is 11.3 Å². The number of pyridine rings is 1. The Morgan fingerprint density at radius 1 is 0.846 bits per heavy atom. The number of ether oxygens (including phenoxy) is 4. The number of hydrogen-bond acceptors (Lipinski definition) is 11. The fourth-order valence-electron chi connectivity index (χ4n) is 5.71.